The van der Waals surface area contributed by atoms with E-state index in [1.807, 2.05) is 16.8 Å². The summed E-state index contributed by atoms with van der Waals surface area (Å²) >= 11 is 1.59. The Labute approximate surface area is 174 Å². The Morgan fingerprint density at radius 2 is 1.90 bits per heavy atom. The van der Waals surface area contributed by atoms with Crippen molar-refractivity contribution in [2.75, 3.05) is 26.2 Å². The molecule has 0 radical (unpaired) electrons. The topological polar surface area (TPSA) is 78.5 Å². The molecule has 10 heteroatoms. The number of nitrogens with one attached hydrogen (secondary N) is 2. The van der Waals surface area contributed by atoms with Crippen LogP contribution in [-0.2, 0) is 14.8 Å². The first kappa shape index (κ1) is 23.4. The molecule has 6 nitrogen and oxygen atoms in total. The van der Waals surface area contributed by atoms with Gasteiger partial charge in [-0.3, -0.25) is 9.69 Å². The molecule has 0 fully saturated rings. The van der Waals surface area contributed by atoms with Gasteiger partial charge in [0.05, 0.1) is 10.9 Å². The number of halogens is 2. The molecule has 0 bridgehead atoms. The van der Waals surface area contributed by atoms with Gasteiger partial charge in [0.15, 0.2) is 11.6 Å². The lowest BCUT2D eigenvalue weighted by Gasteiger charge is -2.29. The van der Waals surface area contributed by atoms with Crippen molar-refractivity contribution in [1.29, 1.82) is 0 Å². The highest BCUT2D eigenvalue weighted by atomic mass is 32.2. The highest BCUT2D eigenvalue weighted by Gasteiger charge is 2.20. The molecule has 0 aliphatic carbocycles. The average molecular weight is 446 g/mol. The van der Waals surface area contributed by atoms with Gasteiger partial charge in [0, 0.05) is 19.5 Å². The highest BCUT2D eigenvalue weighted by Crippen LogP contribution is 2.22. The lowest BCUT2D eigenvalue weighted by atomic mass is 10.1. The molecule has 1 aromatic heterocycles. The van der Waals surface area contributed by atoms with E-state index in [2.05, 4.69) is 28.8 Å². The van der Waals surface area contributed by atoms with Crippen LogP contribution in [0.15, 0.2) is 39.9 Å². The molecule has 0 aliphatic rings. The summed E-state index contributed by atoms with van der Waals surface area (Å²) in [6.07, 6.45) is -0.0719. The number of carbonyl (C=O) groups excluding carboxylic acids is 1. The predicted molar refractivity (Wildman–Crippen MR) is 109 cm³/mol. The maximum atomic E-state index is 13.2. The second-order valence-electron chi connectivity index (χ2n) is 6.32. The summed E-state index contributed by atoms with van der Waals surface area (Å²) in [4.78, 5) is 14.0. The van der Waals surface area contributed by atoms with Crippen LogP contribution >= 0.6 is 11.3 Å². The van der Waals surface area contributed by atoms with Crippen molar-refractivity contribution >= 4 is 27.3 Å². The number of nitrogens with zero attached hydrogens (tertiary/aromatic N) is 1. The number of hydrogen-bond donors (Lipinski definition) is 2. The zero-order valence-electron chi connectivity index (χ0n) is 16.3. The van der Waals surface area contributed by atoms with Gasteiger partial charge in [0.25, 0.3) is 0 Å². The number of hydrogen-bond acceptors (Lipinski definition) is 5. The van der Waals surface area contributed by atoms with Gasteiger partial charge in [-0.2, -0.15) is 11.3 Å². The zero-order valence-corrected chi connectivity index (χ0v) is 18.0. The van der Waals surface area contributed by atoms with Gasteiger partial charge in [0.2, 0.25) is 15.9 Å². The number of amides is 1. The Morgan fingerprint density at radius 1 is 1.17 bits per heavy atom. The minimum Gasteiger partial charge on any atom is -0.354 e. The first-order valence-corrected chi connectivity index (χ1v) is 11.7. The first-order valence-electron chi connectivity index (χ1n) is 9.26. The number of benzene rings is 1. The molecular formula is C19H25F2N3O3S2. The Morgan fingerprint density at radius 3 is 2.48 bits per heavy atom. The van der Waals surface area contributed by atoms with E-state index in [0.717, 1.165) is 30.8 Å². The Bertz CT molecular complexity index is 901. The molecule has 0 saturated carbocycles. The quantitative estimate of drug-likeness (QED) is 0.558. The van der Waals surface area contributed by atoms with Crippen molar-refractivity contribution in [1.82, 2.24) is 14.9 Å². The molecule has 2 rings (SSSR count). The summed E-state index contributed by atoms with van der Waals surface area (Å²) in [6, 6.07) is 4.38. The molecule has 1 amide bonds. The second-order valence-corrected chi connectivity index (χ2v) is 8.87. The first-order chi connectivity index (χ1) is 13.8. The lowest BCUT2D eigenvalue weighted by molar-refractivity contribution is -0.121. The number of thiophene rings is 1. The van der Waals surface area contributed by atoms with Crippen LogP contribution in [0, 0.1) is 11.6 Å². The minimum absolute atomic E-state index is 0.0408. The molecule has 1 heterocycles. The van der Waals surface area contributed by atoms with Gasteiger partial charge in [-0.25, -0.2) is 21.9 Å². The van der Waals surface area contributed by atoms with Gasteiger partial charge in [-0.1, -0.05) is 13.8 Å². The smallest absolute Gasteiger partial charge is 0.240 e. The maximum absolute atomic E-state index is 13.2. The van der Waals surface area contributed by atoms with Gasteiger partial charge in [0.1, 0.15) is 0 Å². The molecule has 1 atom stereocenters. The fourth-order valence-corrected chi connectivity index (χ4v) is 4.66. The third-order valence-electron chi connectivity index (χ3n) is 4.52. The number of carbonyl (C=O) groups is 1. The van der Waals surface area contributed by atoms with Crippen molar-refractivity contribution in [2.45, 2.75) is 31.2 Å². The Balaban J connectivity index is 1.87. The van der Waals surface area contributed by atoms with E-state index in [0.29, 0.717) is 12.6 Å². The van der Waals surface area contributed by atoms with E-state index in [9.17, 15) is 22.0 Å². The SMILES string of the molecule is CCN(CC)C(CNC(=O)CCNS(=O)(=O)c1ccc(F)c(F)c1)c1ccsc1. The molecule has 2 aromatic rings. The van der Waals surface area contributed by atoms with Crippen molar-refractivity contribution in [3.05, 3.63) is 52.2 Å². The summed E-state index contributed by atoms with van der Waals surface area (Å²) in [5, 5.41) is 6.88. The van der Waals surface area contributed by atoms with Crippen molar-refractivity contribution < 1.29 is 22.0 Å². The van der Waals surface area contributed by atoms with Crippen LogP contribution < -0.4 is 10.0 Å². The second kappa shape index (κ2) is 10.8. The fourth-order valence-electron chi connectivity index (χ4n) is 2.91. The Hall–Kier alpha value is -1.88. The third kappa shape index (κ3) is 6.56. The summed E-state index contributed by atoms with van der Waals surface area (Å²) < 4.78 is 52.7. The van der Waals surface area contributed by atoms with Crippen LogP contribution in [0.25, 0.3) is 0 Å². The summed E-state index contributed by atoms with van der Waals surface area (Å²) in [7, 11) is -4.03. The molecular weight excluding hydrogens is 420 g/mol. The molecule has 0 aliphatic heterocycles. The normalized spacial score (nSPS) is 12.9. The van der Waals surface area contributed by atoms with Crippen molar-refractivity contribution in [3.63, 3.8) is 0 Å². The van der Waals surface area contributed by atoms with Crippen LogP contribution in [0.4, 0.5) is 8.78 Å². The maximum Gasteiger partial charge on any atom is 0.240 e. The van der Waals surface area contributed by atoms with E-state index < -0.39 is 26.6 Å². The van der Waals surface area contributed by atoms with Gasteiger partial charge in [-0.05, 0) is 53.7 Å². The van der Waals surface area contributed by atoms with Crippen LogP contribution in [0.3, 0.4) is 0 Å². The monoisotopic (exact) mass is 445 g/mol. The molecule has 0 saturated heterocycles. The van der Waals surface area contributed by atoms with Gasteiger partial charge < -0.3 is 5.32 Å². The molecule has 1 unspecified atom stereocenters. The van der Waals surface area contributed by atoms with Crippen molar-refractivity contribution in [3.8, 4) is 0 Å². The van der Waals surface area contributed by atoms with Crippen LogP contribution in [-0.4, -0.2) is 45.4 Å². The van der Waals surface area contributed by atoms with Crippen LogP contribution in [0.1, 0.15) is 31.9 Å². The average Bonchev–Trinajstić information content (AvgIpc) is 3.21. The predicted octanol–water partition coefficient (Wildman–Crippen LogP) is 2.89. The fraction of sp³-hybridized carbons (Fsp3) is 0.421. The summed E-state index contributed by atoms with van der Waals surface area (Å²) in [5.41, 5.74) is 1.12. The number of rotatable bonds is 11. The summed E-state index contributed by atoms with van der Waals surface area (Å²) in [6.45, 7) is 6.03. The Kier molecular flexibility index (Phi) is 8.69. The molecule has 160 valence electrons. The number of likely N-dealkylation sites (N-methyl/N-ethyl adjacent to an activating group) is 1. The molecule has 1 aromatic carbocycles. The van der Waals surface area contributed by atoms with E-state index in [-0.39, 0.29) is 24.9 Å². The van der Waals surface area contributed by atoms with E-state index in [1.165, 1.54) is 0 Å². The van der Waals surface area contributed by atoms with Crippen molar-refractivity contribution in [2.24, 2.45) is 0 Å². The van der Waals surface area contributed by atoms with E-state index in [1.54, 1.807) is 11.3 Å². The summed E-state index contributed by atoms with van der Waals surface area (Å²) in [5.74, 6) is -2.68. The van der Waals surface area contributed by atoms with Gasteiger partial charge >= 0.3 is 0 Å². The van der Waals surface area contributed by atoms with Gasteiger partial charge in [-0.15, -0.1) is 0 Å². The minimum atomic E-state index is -4.03. The van der Waals surface area contributed by atoms with Crippen LogP contribution in [0.2, 0.25) is 0 Å². The molecule has 0 spiro atoms. The highest BCUT2D eigenvalue weighted by molar-refractivity contribution is 7.89. The third-order valence-corrected chi connectivity index (χ3v) is 6.68. The van der Waals surface area contributed by atoms with Crippen LogP contribution in [0.5, 0.6) is 0 Å². The van der Waals surface area contributed by atoms with E-state index >= 15 is 0 Å². The van der Waals surface area contributed by atoms with E-state index in [4.69, 9.17) is 0 Å². The standard InChI is InChI=1S/C19H25F2N3O3S2/c1-3-24(4-2)18(14-8-10-28-13-14)12-22-19(25)7-9-23-29(26,27)15-5-6-16(20)17(21)11-15/h5-6,8,10-11,13,18,23H,3-4,7,9,12H2,1-2H3,(H,22,25). The zero-order chi connectivity index (χ0) is 21.4. The molecule has 2 N–H and O–H groups in total. The molecule has 29 heavy (non-hydrogen) atoms. The lowest BCUT2D eigenvalue weighted by Crippen LogP contribution is -2.38. The largest absolute Gasteiger partial charge is 0.354 e. The number of sulfonamides is 1.